The fourth-order valence-electron chi connectivity index (χ4n) is 1.72. The molecule has 1 fully saturated rings. The summed E-state index contributed by atoms with van der Waals surface area (Å²) in [4.78, 5) is 34.7. The molecule has 0 saturated heterocycles. The van der Waals surface area contributed by atoms with E-state index < -0.39 is 5.91 Å². The van der Waals surface area contributed by atoms with Crippen LogP contribution >= 0.6 is 0 Å². The van der Waals surface area contributed by atoms with Gasteiger partial charge in [-0.25, -0.2) is 0 Å². The van der Waals surface area contributed by atoms with Crippen molar-refractivity contribution >= 4 is 23.8 Å². The van der Waals surface area contributed by atoms with Crippen molar-refractivity contribution in [2.24, 2.45) is 5.92 Å². The highest BCUT2D eigenvalue weighted by Gasteiger charge is 2.23. The molecule has 3 N–H and O–H groups in total. The van der Waals surface area contributed by atoms with Gasteiger partial charge in [-0.05, 0) is 36.6 Å². The minimum Gasteiger partial charge on any atom is -0.349 e. The van der Waals surface area contributed by atoms with Gasteiger partial charge in [0.15, 0.2) is 0 Å². The normalized spacial score (nSPS) is 13.9. The lowest BCUT2D eigenvalue weighted by Gasteiger charge is -2.07. The lowest BCUT2D eigenvalue weighted by Crippen LogP contribution is -2.42. The van der Waals surface area contributed by atoms with E-state index in [1.807, 2.05) is 0 Å². The van der Waals surface area contributed by atoms with Crippen LogP contribution in [-0.2, 0) is 9.59 Å². The maximum absolute atomic E-state index is 11.8. The monoisotopic (exact) mass is 315 g/mol. The molecule has 0 radical (unpaired) electrons. The summed E-state index contributed by atoms with van der Waals surface area (Å²) in [6, 6.07) is 7.29. The molecular weight excluding hydrogens is 294 g/mol. The van der Waals surface area contributed by atoms with E-state index >= 15 is 0 Å². The predicted octanol–water partition coefficient (Wildman–Crippen LogP) is 1.40. The Hall–Kier alpha value is -2.63. The molecule has 3 amide bonds. The van der Waals surface area contributed by atoms with Gasteiger partial charge in [-0.2, -0.15) is 0 Å². The SMILES string of the molecule is CC(C)C(=O)NNC(=O)C=Cc1ccc(C(=O)NC2CC2)cc1. The zero-order chi connectivity index (χ0) is 16.8. The number of hydrogen-bond acceptors (Lipinski definition) is 3. The molecule has 0 heterocycles. The van der Waals surface area contributed by atoms with Crippen molar-refractivity contribution in [1.29, 1.82) is 0 Å². The van der Waals surface area contributed by atoms with Crippen LogP contribution in [0.1, 0.15) is 42.6 Å². The number of hydrazine groups is 1. The van der Waals surface area contributed by atoms with E-state index in [-0.39, 0.29) is 17.7 Å². The molecule has 0 unspecified atom stereocenters. The van der Waals surface area contributed by atoms with Gasteiger partial charge < -0.3 is 5.32 Å². The van der Waals surface area contributed by atoms with Gasteiger partial charge in [-0.15, -0.1) is 0 Å². The van der Waals surface area contributed by atoms with Crippen LogP contribution in [0.4, 0.5) is 0 Å². The summed E-state index contributed by atoms with van der Waals surface area (Å²) in [5, 5.41) is 2.91. The quantitative estimate of drug-likeness (QED) is 0.567. The van der Waals surface area contributed by atoms with Gasteiger partial charge in [0, 0.05) is 23.6 Å². The second-order valence-electron chi connectivity index (χ2n) is 5.84. The molecule has 1 aliphatic carbocycles. The minimum absolute atomic E-state index is 0.0721. The summed E-state index contributed by atoms with van der Waals surface area (Å²) in [6.45, 7) is 3.47. The molecule has 1 saturated carbocycles. The van der Waals surface area contributed by atoms with E-state index in [1.165, 1.54) is 6.08 Å². The molecule has 6 heteroatoms. The van der Waals surface area contributed by atoms with Crippen molar-refractivity contribution in [2.75, 3.05) is 0 Å². The molecule has 0 spiro atoms. The first-order valence-corrected chi connectivity index (χ1v) is 7.64. The average Bonchev–Trinajstić information content (AvgIpc) is 3.34. The maximum atomic E-state index is 11.8. The van der Waals surface area contributed by atoms with Crippen molar-refractivity contribution in [2.45, 2.75) is 32.7 Å². The van der Waals surface area contributed by atoms with E-state index in [4.69, 9.17) is 0 Å². The molecule has 0 bridgehead atoms. The molecular formula is C17H21N3O3. The van der Waals surface area contributed by atoms with Crippen LogP contribution in [0.5, 0.6) is 0 Å². The topological polar surface area (TPSA) is 87.3 Å². The number of hydrogen-bond donors (Lipinski definition) is 3. The standard InChI is InChI=1S/C17H21N3O3/c1-11(2)16(22)20-19-15(21)10-5-12-3-6-13(7-4-12)17(23)18-14-8-9-14/h3-7,10-11,14H,8-9H2,1-2H3,(H,18,23)(H,19,21)(H,20,22). The zero-order valence-electron chi connectivity index (χ0n) is 13.3. The fourth-order valence-corrected chi connectivity index (χ4v) is 1.72. The Morgan fingerprint density at radius 3 is 2.30 bits per heavy atom. The van der Waals surface area contributed by atoms with Gasteiger partial charge in [-0.3, -0.25) is 25.2 Å². The largest absolute Gasteiger partial charge is 0.349 e. The first-order chi connectivity index (χ1) is 11.0. The molecule has 1 aliphatic rings. The van der Waals surface area contributed by atoms with E-state index in [0.29, 0.717) is 11.6 Å². The summed E-state index contributed by atoms with van der Waals surface area (Å²) in [5.74, 6) is -0.946. The summed E-state index contributed by atoms with van der Waals surface area (Å²) in [7, 11) is 0. The highest BCUT2D eigenvalue weighted by Crippen LogP contribution is 2.19. The molecule has 6 nitrogen and oxygen atoms in total. The van der Waals surface area contributed by atoms with Gasteiger partial charge in [0.05, 0.1) is 0 Å². The third-order valence-electron chi connectivity index (χ3n) is 3.35. The lowest BCUT2D eigenvalue weighted by molar-refractivity contribution is -0.128. The summed E-state index contributed by atoms with van der Waals surface area (Å²) < 4.78 is 0. The van der Waals surface area contributed by atoms with Crippen LogP contribution in [0.3, 0.4) is 0 Å². The van der Waals surface area contributed by atoms with E-state index in [9.17, 15) is 14.4 Å². The molecule has 122 valence electrons. The highest BCUT2D eigenvalue weighted by atomic mass is 16.2. The van der Waals surface area contributed by atoms with Gasteiger partial charge in [0.25, 0.3) is 11.8 Å². The second-order valence-corrected chi connectivity index (χ2v) is 5.84. The Labute approximate surface area is 135 Å². The van der Waals surface area contributed by atoms with Gasteiger partial charge in [-0.1, -0.05) is 26.0 Å². The van der Waals surface area contributed by atoms with Crippen LogP contribution in [0.25, 0.3) is 6.08 Å². The van der Waals surface area contributed by atoms with Gasteiger partial charge in [0.1, 0.15) is 0 Å². The minimum atomic E-state index is -0.422. The van der Waals surface area contributed by atoms with Crippen molar-refractivity contribution in [3.05, 3.63) is 41.5 Å². The molecule has 23 heavy (non-hydrogen) atoms. The second kappa shape index (κ2) is 7.58. The van der Waals surface area contributed by atoms with E-state index in [1.54, 1.807) is 44.2 Å². The van der Waals surface area contributed by atoms with E-state index in [0.717, 1.165) is 18.4 Å². The number of nitrogens with one attached hydrogen (secondary N) is 3. The van der Waals surface area contributed by atoms with Crippen LogP contribution in [0.15, 0.2) is 30.3 Å². The Morgan fingerprint density at radius 1 is 1.09 bits per heavy atom. The van der Waals surface area contributed by atoms with Crippen molar-refractivity contribution in [1.82, 2.24) is 16.2 Å². The fraction of sp³-hybridized carbons (Fsp3) is 0.353. The third-order valence-corrected chi connectivity index (χ3v) is 3.35. The molecule has 0 aromatic heterocycles. The van der Waals surface area contributed by atoms with Crippen LogP contribution in [0, 0.1) is 5.92 Å². The van der Waals surface area contributed by atoms with Crippen LogP contribution < -0.4 is 16.2 Å². The zero-order valence-corrected chi connectivity index (χ0v) is 13.3. The number of benzene rings is 1. The Kier molecular flexibility index (Phi) is 5.51. The van der Waals surface area contributed by atoms with Gasteiger partial charge in [0.2, 0.25) is 5.91 Å². The van der Waals surface area contributed by atoms with Crippen LogP contribution in [0.2, 0.25) is 0 Å². The van der Waals surface area contributed by atoms with Crippen molar-refractivity contribution < 1.29 is 14.4 Å². The number of carbonyl (C=O) groups is 3. The Balaban J connectivity index is 1.83. The molecule has 0 atom stereocenters. The highest BCUT2D eigenvalue weighted by molar-refractivity contribution is 5.95. The molecule has 1 aromatic carbocycles. The van der Waals surface area contributed by atoms with Gasteiger partial charge >= 0.3 is 0 Å². The number of carbonyl (C=O) groups excluding carboxylic acids is 3. The van der Waals surface area contributed by atoms with Crippen molar-refractivity contribution in [3.63, 3.8) is 0 Å². The average molecular weight is 315 g/mol. The Bertz CT molecular complexity index is 616. The van der Waals surface area contributed by atoms with Crippen LogP contribution in [-0.4, -0.2) is 23.8 Å². The smallest absolute Gasteiger partial charge is 0.262 e. The maximum Gasteiger partial charge on any atom is 0.262 e. The molecule has 0 aliphatic heterocycles. The lowest BCUT2D eigenvalue weighted by atomic mass is 10.1. The first-order valence-electron chi connectivity index (χ1n) is 7.64. The molecule has 2 rings (SSSR count). The summed E-state index contributed by atoms with van der Waals surface area (Å²) in [5.41, 5.74) is 6.02. The summed E-state index contributed by atoms with van der Waals surface area (Å²) >= 11 is 0. The van der Waals surface area contributed by atoms with Crippen molar-refractivity contribution in [3.8, 4) is 0 Å². The summed E-state index contributed by atoms with van der Waals surface area (Å²) in [6.07, 6.45) is 5.03. The number of amides is 3. The third kappa shape index (κ3) is 5.58. The first kappa shape index (κ1) is 16.7. The molecule has 1 aromatic rings. The Morgan fingerprint density at radius 2 is 1.74 bits per heavy atom. The predicted molar refractivity (Wildman–Crippen MR) is 87.1 cm³/mol. The number of rotatable bonds is 5. The van der Waals surface area contributed by atoms with E-state index in [2.05, 4.69) is 16.2 Å².